The maximum absolute atomic E-state index is 12.6. The lowest BCUT2D eigenvalue weighted by atomic mass is 9.96. The first-order valence-corrected chi connectivity index (χ1v) is 8.60. The second kappa shape index (κ2) is 6.20. The number of aryl methyl sites for hydroxylation is 1. The highest BCUT2D eigenvalue weighted by atomic mass is 16.2. The van der Waals surface area contributed by atoms with E-state index >= 15 is 0 Å². The summed E-state index contributed by atoms with van der Waals surface area (Å²) in [5.41, 5.74) is 4.92. The van der Waals surface area contributed by atoms with Gasteiger partial charge in [-0.1, -0.05) is 36.4 Å². The molecule has 4 rings (SSSR count). The number of aromatic nitrogens is 1. The maximum Gasteiger partial charge on any atom is 0.228 e. The van der Waals surface area contributed by atoms with Gasteiger partial charge in [-0.3, -0.25) is 9.59 Å². The average Bonchev–Trinajstić information content (AvgIpc) is 3.18. The van der Waals surface area contributed by atoms with E-state index < -0.39 is 0 Å². The summed E-state index contributed by atoms with van der Waals surface area (Å²) < 4.78 is 0. The van der Waals surface area contributed by atoms with E-state index in [0.29, 0.717) is 12.1 Å². The van der Waals surface area contributed by atoms with Crippen LogP contribution in [0.2, 0.25) is 0 Å². The maximum atomic E-state index is 12.6. The molecule has 4 heteroatoms. The summed E-state index contributed by atoms with van der Waals surface area (Å²) in [6.45, 7) is 2.52. The largest absolute Gasteiger partial charge is 0.361 e. The zero-order chi connectivity index (χ0) is 17.4. The van der Waals surface area contributed by atoms with Crippen LogP contribution in [-0.2, 0) is 11.2 Å². The first kappa shape index (κ1) is 15.6. The molecule has 0 aliphatic heterocycles. The number of aromatic amines is 1. The molecule has 0 saturated heterocycles. The monoisotopic (exact) mass is 332 g/mol. The molecule has 1 amide bonds. The van der Waals surface area contributed by atoms with E-state index in [1.165, 1.54) is 10.9 Å². The molecule has 2 N–H and O–H groups in total. The van der Waals surface area contributed by atoms with Crippen molar-refractivity contribution in [2.75, 3.05) is 6.54 Å². The van der Waals surface area contributed by atoms with E-state index in [4.69, 9.17) is 0 Å². The number of Topliss-reactive ketones (excluding diaryl/α,β-unsaturated/α-hetero) is 1. The predicted molar refractivity (Wildman–Crippen MR) is 97.9 cm³/mol. The molecule has 0 bridgehead atoms. The van der Waals surface area contributed by atoms with Gasteiger partial charge in [-0.25, -0.2) is 0 Å². The first-order valence-electron chi connectivity index (χ1n) is 8.60. The molecular weight excluding hydrogens is 312 g/mol. The number of nitrogens with one attached hydrogen (secondary N) is 2. The highest BCUT2D eigenvalue weighted by Gasteiger charge is 2.35. The van der Waals surface area contributed by atoms with Crippen LogP contribution in [0.15, 0.2) is 48.7 Å². The molecule has 1 aromatic heterocycles. The van der Waals surface area contributed by atoms with Crippen LogP contribution in [0.3, 0.4) is 0 Å². The molecule has 3 aromatic rings. The van der Waals surface area contributed by atoms with Gasteiger partial charge in [-0.15, -0.1) is 0 Å². The molecule has 0 saturated carbocycles. The summed E-state index contributed by atoms with van der Waals surface area (Å²) >= 11 is 0. The molecule has 0 radical (unpaired) electrons. The Labute approximate surface area is 146 Å². The Morgan fingerprint density at radius 1 is 1.20 bits per heavy atom. The van der Waals surface area contributed by atoms with Crippen LogP contribution in [0.5, 0.6) is 0 Å². The zero-order valence-corrected chi connectivity index (χ0v) is 14.1. The van der Waals surface area contributed by atoms with Crippen LogP contribution in [-0.4, -0.2) is 23.2 Å². The molecular formula is C21H20N2O2. The molecule has 25 heavy (non-hydrogen) atoms. The third kappa shape index (κ3) is 2.74. The number of hydrogen-bond donors (Lipinski definition) is 2. The highest BCUT2D eigenvalue weighted by Crippen LogP contribution is 2.35. The van der Waals surface area contributed by atoms with Crippen LogP contribution in [0.1, 0.15) is 39.4 Å². The van der Waals surface area contributed by atoms with Gasteiger partial charge in [0.05, 0.1) is 5.92 Å². The summed E-state index contributed by atoms with van der Waals surface area (Å²) in [4.78, 5) is 28.0. The van der Waals surface area contributed by atoms with Crippen molar-refractivity contribution in [3.63, 3.8) is 0 Å². The summed E-state index contributed by atoms with van der Waals surface area (Å²) in [5.74, 6) is -0.344. The molecule has 126 valence electrons. The van der Waals surface area contributed by atoms with E-state index in [1.54, 1.807) is 0 Å². The van der Waals surface area contributed by atoms with E-state index in [-0.39, 0.29) is 24.0 Å². The van der Waals surface area contributed by atoms with Gasteiger partial charge in [0, 0.05) is 35.6 Å². The van der Waals surface area contributed by atoms with Gasteiger partial charge in [0.25, 0.3) is 0 Å². The van der Waals surface area contributed by atoms with Crippen molar-refractivity contribution in [2.24, 2.45) is 0 Å². The van der Waals surface area contributed by atoms with Crippen molar-refractivity contribution in [1.29, 1.82) is 0 Å². The Balaban J connectivity index is 1.45. The van der Waals surface area contributed by atoms with Crippen molar-refractivity contribution in [3.8, 4) is 0 Å². The second-order valence-electron chi connectivity index (χ2n) is 6.62. The lowest BCUT2D eigenvalue weighted by Crippen LogP contribution is -2.30. The minimum absolute atomic E-state index is 0.0544. The van der Waals surface area contributed by atoms with Crippen LogP contribution in [0.25, 0.3) is 10.9 Å². The fraction of sp³-hybridized carbons (Fsp3) is 0.238. The van der Waals surface area contributed by atoms with Gasteiger partial charge in [-0.2, -0.15) is 0 Å². The molecule has 1 atom stereocenters. The van der Waals surface area contributed by atoms with Gasteiger partial charge in [-0.05, 0) is 36.1 Å². The zero-order valence-electron chi connectivity index (χ0n) is 14.1. The topological polar surface area (TPSA) is 62.0 Å². The van der Waals surface area contributed by atoms with Gasteiger partial charge < -0.3 is 10.3 Å². The SMILES string of the molecule is Cc1cccc2c1C(C(=O)NCCc1c[nH]c3ccccc13)CC2=O. The van der Waals surface area contributed by atoms with Crippen molar-refractivity contribution < 1.29 is 9.59 Å². The predicted octanol–water partition coefficient (Wildman–Crippen LogP) is 3.51. The van der Waals surface area contributed by atoms with E-state index in [2.05, 4.69) is 16.4 Å². The molecule has 1 heterocycles. The quantitative estimate of drug-likeness (QED) is 0.768. The highest BCUT2D eigenvalue weighted by molar-refractivity contribution is 6.07. The average molecular weight is 332 g/mol. The second-order valence-corrected chi connectivity index (χ2v) is 6.62. The fourth-order valence-electron chi connectivity index (χ4n) is 3.79. The lowest BCUT2D eigenvalue weighted by molar-refractivity contribution is -0.122. The molecule has 2 aromatic carbocycles. The standard InChI is InChI=1S/C21H20N2O2/c1-13-5-4-7-16-19(24)11-17(20(13)16)21(25)22-10-9-14-12-23-18-8-3-2-6-15(14)18/h2-8,12,17,23H,9-11H2,1H3,(H,22,25). The van der Waals surface area contributed by atoms with Gasteiger partial charge in [0.15, 0.2) is 5.78 Å². The summed E-state index contributed by atoms with van der Waals surface area (Å²) in [6.07, 6.45) is 3.03. The molecule has 1 aliphatic rings. The van der Waals surface area contributed by atoms with E-state index in [0.717, 1.165) is 23.1 Å². The molecule has 4 nitrogen and oxygen atoms in total. The summed E-state index contributed by atoms with van der Waals surface area (Å²) in [6, 6.07) is 13.8. The Hall–Kier alpha value is -2.88. The minimum atomic E-state index is -0.355. The van der Waals surface area contributed by atoms with E-state index in [9.17, 15) is 9.59 Å². The van der Waals surface area contributed by atoms with Crippen LogP contribution < -0.4 is 5.32 Å². The molecule has 1 aliphatic carbocycles. The van der Waals surface area contributed by atoms with Crippen LogP contribution in [0.4, 0.5) is 0 Å². The van der Waals surface area contributed by atoms with Gasteiger partial charge in [0.2, 0.25) is 5.91 Å². The molecule has 0 spiro atoms. The van der Waals surface area contributed by atoms with Crippen molar-refractivity contribution in [3.05, 3.63) is 70.9 Å². The number of amides is 1. The Morgan fingerprint density at radius 3 is 2.92 bits per heavy atom. The third-order valence-corrected chi connectivity index (χ3v) is 5.05. The number of H-pyrrole nitrogens is 1. The Morgan fingerprint density at radius 2 is 2.04 bits per heavy atom. The molecule has 0 fully saturated rings. The normalized spacial score (nSPS) is 16.2. The van der Waals surface area contributed by atoms with Crippen LogP contribution in [0, 0.1) is 6.92 Å². The number of hydrogen-bond acceptors (Lipinski definition) is 2. The Kier molecular flexibility index (Phi) is 3.88. The number of carbonyl (C=O) groups is 2. The minimum Gasteiger partial charge on any atom is -0.361 e. The number of carbonyl (C=O) groups excluding carboxylic acids is 2. The van der Waals surface area contributed by atoms with E-state index in [1.807, 2.05) is 49.5 Å². The molecule has 1 unspecified atom stereocenters. The van der Waals surface area contributed by atoms with Gasteiger partial charge >= 0.3 is 0 Å². The van der Waals surface area contributed by atoms with Crippen molar-refractivity contribution in [1.82, 2.24) is 10.3 Å². The Bertz CT molecular complexity index is 971. The fourth-order valence-corrected chi connectivity index (χ4v) is 3.79. The number of ketones is 1. The van der Waals surface area contributed by atoms with Crippen LogP contribution >= 0.6 is 0 Å². The van der Waals surface area contributed by atoms with Crippen molar-refractivity contribution in [2.45, 2.75) is 25.7 Å². The number of benzene rings is 2. The van der Waals surface area contributed by atoms with Crippen molar-refractivity contribution >= 4 is 22.6 Å². The lowest BCUT2D eigenvalue weighted by Gasteiger charge is -2.13. The number of fused-ring (bicyclic) bond motifs is 2. The third-order valence-electron chi connectivity index (χ3n) is 5.05. The number of rotatable bonds is 4. The van der Waals surface area contributed by atoms with Gasteiger partial charge in [0.1, 0.15) is 0 Å². The first-order chi connectivity index (χ1) is 12.1. The smallest absolute Gasteiger partial charge is 0.228 e. The summed E-state index contributed by atoms with van der Waals surface area (Å²) in [7, 11) is 0. The number of para-hydroxylation sites is 1. The summed E-state index contributed by atoms with van der Waals surface area (Å²) in [5, 5.41) is 4.20.